The van der Waals surface area contributed by atoms with Crippen molar-refractivity contribution >= 4 is 21.5 Å². The Kier molecular flexibility index (Phi) is 2.57. The zero-order chi connectivity index (χ0) is 12.0. The molecule has 0 aromatic carbocycles. The average molecular weight is 245 g/mol. The van der Waals surface area contributed by atoms with Gasteiger partial charge in [-0.2, -0.15) is 0 Å². The van der Waals surface area contributed by atoms with Crippen LogP contribution in [0.2, 0.25) is 0 Å². The van der Waals surface area contributed by atoms with Gasteiger partial charge >= 0.3 is 0 Å². The van der Waals surface area contributed by atoms with Crippen molar-refractivity contribution in [1.29, 1.82) is 0 Å². The van der Waals surface area contributed by atoms with Crippen LogP contribution in [-0.4, -0.2) is 48.6 Å². The molecule has 0 saturated carbocycles. The summed E-state index contributed by atoms with van der Waals surface area (Å²) in [5, 5.41) is 0. The maximum Gasteiger partial charge on any atom is 0.230 e. The van der Waals surface area contributed by atoms with Crippen LogP contribution >= 0.6 is 0 Å². The lowest BCUT2D eigenvalue weighted by Crippen LogP contribution is -2.54. The molecule has 1 atom stereocenters. The van der Waals surface area contributed by atoms with Gasteiger partial charge in [-0.3, -0.25) is 9.59 Å². The maximum atomic E-state index is 11.7. The standard InChI is InChI=1S/C10H15NO4S/c1-10(3-5-16(14,15)7-10)11-4-2-8(12)6-9(11)13/h2-7H2,1H3. The molecular formula is C10H15NO4S. The molecule has 1 unspecified atom stereocenters. The minimum atomic E-state index is -3.02. The highest BCUT2D eigenvalue weighted by atomic mass is 32.2. The molecule has 1 amide bonds. The van der Waals surface area contributed by atoms with E-state index >= 15 is 0 Å². The van der Waals surface area contributed by atoms with Crippen molar-refractivity contribution in [1.82, 2.24) is 4.90 Å². The number of hydrogen-bond acceptors (Lipinski definition) is 4. The molecular weight excluding hydrogens is 230 g/mol. The molecule has 0 N–H and O–H groups in total. The molecule has 2 saturated heterocycles. The number of rotatable bonds is 1. The van der Waals surface area contributed by atoms with Crippen molar-refractivity contribution in [3.8, 4) is 0 Å². The lowest BCUT2D eigenvalue weighted by molar-refractivity contribution is -0.143. The summed E-state index contributed by atoms with van der Waals surface area (Å²) in [5.74, 6) is -0.109. The number of sulfone groups is 1. The van der Waals surface area contributed by atoms with Crippen LogP contribution in [0.3, 0.4) is 0 Å². The minimum absolute atomic E-state index is 0.0277. The second-order valence-electron chi connectivity index (χ2n) is 4.85. The Morgan fingerprint density at radius 3 is 2.50 bits per heavy atom. The van der Waals surface area contributed by atoms with Gasteiger partial charge in [-0.25, -0.2) is 8.42 Å². The summed E-state index contributed by atoms with van der Waals surface area (Å²) in [4.78, 5) is 24.4. The van der Waals surface area contributed by atoms with Gasteiger partial charge < -0.3 is 4.90 Å². The summed E-state index contributed by atoms with van der Waals surface area (Å²) in [6, 6.07) is 0. The molecule has 0 aromatic heterocycles. The number of Topliss-reactive ketones (excluding diaryl/α,β-unsaturated/α-hetero) is 1. The molecule has 0 aliphatic carbocycles. The van der Waals surface area contributed by atoms with Crippen molar-refractivity contribution in [2.75, 3.05) is 18.1 Å². The van der Waals surface area contributed by atoms with Crippen molar-refractivity contribution in [3.05, 3.63) is 0 Å². The van der Waals surface area contributed by atoms with E-state index in [2.05, 4.69) is 0 Å². The summed E-state index contributed by atoms with van der Waals surface area (Å²) in [5.41, 5.74) is -0.601. The molecule has 2 fully saturated rings. The number of piperidine rings is 1. The minimum Gasteiger partial charge on any atom is -0.335 e. The zero-order valence-electron chi connectivity index (χ0n) is 9.23. The summed E-state index contributed by atoms with van der Waals surface area (Å²) in [6.07, 6.45) is 0.756. The van der Waals surface area contributed by atoms with Crippen LogP contribution in [0.1, 0.15) is 26.2 Å². The first kappa shape index (κ1) is 11.6. The smallest absolute Gasteiger partial charge is 0.230 e. The third-order valence-electron chi connectivity index (χ3n) is 3.40. The first-order valence-corrected chi connectivity index (χ1v) is 7.17. The van der Waals surface area contributed by atoms with Gasteiger partial charge in [0.15, 0.2) is 9.84 Å². The summed E-state index contributed by atoms with van der Waals surface area (Å²) >= 11 is 0. The zero-order valence-corrected chi connectivity index (χ0v) is 10.0. The first-order valence-electron chi connectivity index (χ1n) is 5.35. The van der Waals surface area contributed by atoms with Crippen LogP contribution in [-0.2, 0) is 19.4 Å². The topological polar surface area (TPSA) is 71.5 Å². The number of hydrogen-bond donors (Lipinski definition) is 0. The first-order chi connectivity index (χ1) is 7.32. The van der Waals surface area contributed by atoms with E-state index in [0.29, 0.717) is 19.4 Å². The van der Waals surface area contributed by atoms with Gasteiger partial charge in [-0.15, -0.1) is 0 Å². The van der Waals surface area contributed by atoms with Crippen molar-refractivity contribution in [2.24, 2.45) is 0 Å². The van der Waals surface area contributed by atoms with E-state index in [1.807, 2.05) is 0 Å². The van der Waals surface area contributed by atoms with Gasteiger partial charge in [-0.1, -0.05) is 0 Å². The predicted molar refractivity (Wildman–Crippen MR) is 57.6 cm³/mol. The van der Waals surface area contributed by atoms with Crippen LogP contribution < -0.4 is 0 Å². The molecule has 0 spiro atoms. The summed E-state index contributed by atoms with van der Waals surface area (Å²) in [6.45, 7) is 2.16. The lowest BCUT2D eigenvalue weighted by atomic mass is 9.95. The summed E-state index contributed by atoms with van der Waals surface area (Å²) in [7, 11) is -3.02. The van der Waals surface area contributed by atoms with Gasteiger partial charge in [0.1, 0.15) is 5.78 Å². The normalized spacial score (nSPS) is 34.4. The quantitative estimate of drug-likeness (QED) is 0.597. The molecule has 5 nitrogen and oxygen atoms in total. The molecule has 90 valence electrons. The fourth-order valence-electron chi connectivity index (χ4n) is 2.49. The molecule has 2 aliphatic heterocycles. The van der Waals surface area contributed by atoms with E-state index in [9.17, 15) is 18.0 Å². The Hall–Kier alpha value is -0.910. The van der Waals surface area contributed by atoms with E-state index in [-0.39, 0.29) is 29.6 Å². The van der Waals surface area contributed by atoms with E-state index in [0.717, 1.165) is 0 Å². The molecule has 6 heteroatoms. The number of ketones is 1. The number of carbonyl (C=O) groups is 2. The van der Waals surface area contributed by atoms with Crippen LogP contribution in [0.4, 0.5) is 0 Å². The number of carbonyl (C=O) groups excluding carboxylic acids is 2. The third kappa shape index (κ3) is 1.98. The molecule has 16 heavy (non-hydrogen) atoms. The van der Waals surface area contributed by atoms with Gasteiger partial charge in [0, 0.05) is 13.0 Å². The van der Waals surface area contributed by atoms with Crippen LogP contribution in [0, 0.1) is 0 Å². The van der Waals surface area contributed by atoms with Crippen LogP contribution in [0.5, 0.6) is 0 Å². The SMILES string of the molecule is CC1(N2CCC(=O)CC2=O)CCS(=O)(=O)C1. The lowest BCUT2D eigenvalue weighted by Gasteiger charge is -2.39. The summed E-state index contributed by atoms with van der Waals surface area (Å²) < 4.78 is 22.9. The van der Waals surface area contributed by atoms with Gasteiger partial charge in [0.05, 0.1) is 23.5 Å². The predicted octanol–water partition coefficient (Wildman–Crippen LogP) is -0.245. The van der Waals surface area contributed by atoms with Gasteiger partial charge in [-0.05, 0) is 13.3 Å². The van der Waals surface area contributed by atoms with Crippen molar-refractivity contribution in [3.63, 3.8) is 0 Å². The molecule has 2 aliphatic rings. The molecule has 2 heterocycles. The maximum absolute atomic E-state index is 11.7. The molecule has 2 rings (SSSR count). The second kappa shape index (κ2) is 3.55. The van der Waals surface area contributed by atoms with E-state index in [1.165, 1.54) is 0 Å². The van der Waals surface area contributed by atoms with Crippen molar-refractivity contribution < 1.29 is 18.0 Å². The largest absolute Gasteiger partial charge is 0.335 e. The van der Waals surface area contributed by atoms with E-state index in [4.69, 9.17) is 0 Å². The van der Waals surface area contributed by atoms with Gasteiger partial charge in [0.2, 0.25) is 5.91 Å². The monoisotopic (exact) mass is 245 g/mol. The van der Waals surface area contributed by atoms with E-state index in [1.54, 1.807) is 11.8 Å². The van der Waals surface area contributed by atoms with Crippen LogP contribution in [0.15, 0.2) is 0 Å². The molecule has 0 aromatic rings. The molecule has 0 bridgehead atoms. The second-order valence-corrected chi connectivity index (χ2v) is 7.03. The Labute approximate surface area is 94.7 Å². The number of nitrogens with zero attached hydrogens (tertiary/aromatic N) is 1. The Bertz CT molecular complexity index is 442. The Morgan fingerprint density at radius 2 is 2.00 bits per heavy atom. The van der Waals surface area contributed by atoms with Gasteiger partial charge in [0.25, 0.3) is 0 Å². The highest BCUT2D eigenvalue weighted by molar-refractivity contribution is 7.91. The highest BCUT2D eigenvalue weighted by Crippen LogP contribution is 2.31. The molecule has 0 radical (unpaired) electrons. The highest BCUT2D eigenvalue weighted by Gasteiger charge is 2.46. The Morgan fingerprint density at radius 1 is 1.31 bits per heavy atom. The fourth-order valence-corrected chi connectivity index (χ4v) is 4.63. The van der Waals surface area contributed by atoms with E-state index < -0.39 is 15.4 Å². The number of amides is 1. The Balaban J connectivity index is 2.19. The fraction of sp³-hybridized carbons (Fsp3) is 0.800. The van der Waals surface area contributed by atoms with Crippen LogP contribution in [0.25, 0.3) is 0 Å². The average Bonchev–Trinajstić information content (AvgIpc) is 2.41. The number of likely N-dealkylation sites (tertiary alicyclic amines) is 1. The third-order valence-corrected chi connectivity index (χ3v) is 5.29. The van der Waals surface area contributed by atoms with Crippen molar-refractivity contribution in [2.45, 2.75) is 31.7 Å².